The molecule has 1 aromatic heterocycles. The number of hydrogen-bond donors (Lipinski definition) is 1. The standard InChI is InChI=1S/C16H20FN3/c1-2-20(11-13-6-8-19-9-7-13)12-16(18)14-4-3-5-15(17)10-14/h3-10,16H,2,11-12,18H2,1H3. The van der Waals surface area contributed by atoms with Crippen molar-refractivity contribution in [2.45, 2.75) is 19.5 Å². The minimum Gasteiger partial charge on any atom is -0.323 e. The number of likely N-dealkylation sites (N-methyl/N-ethyl adjacent to an activating group) is 1. The molecule has 1 aromatic carbocycles. The second-order valence-electron chi connectivity index (χ2n) is 4.84. The van der Waals surface area contributed by atoms with Gasteiger partial charge >= 0.3 is 0 Å². The Hall–Kier alpha value is -1.78. The maximum Gasteiger partial charge on any atom is 0.123 e. The maximum atomic E-state index is 13.2. The lowest BCUT2D eigenvalue weighted by Gasteiger charge is -2.24. The number of hydrogen-bond acceptors (Lipinski definition) is 3. The smallest absolute Gasteiger partial charge is 0.123 e. The Morgan fingerprint density at radius 2 is 2.00 bits per heavy atom. The van der Waals surface area contributed by atoms with Gasteiger partial charge in [0.2, 0.25) is 0 Å². The summed E-state index contributed by atoms with van der Waals surface area (Å²) in [6, 6.07) is 10.3. The summed E-state index contributed by atoms with van der Waals surface area (Å²) in [7, 11) is 0. The number of nitrogens with two attached hydrogens (primary N) is 1. The molecule has 1 atom stereocenters. The van der Waals surface area contributed by atoms with Crippen molar-refractivity contribution in [2.24, 2.45) is 5.73 Å². The minimum absolute atomic E-state index is 0.188. The van der Waals surface area contributed by atoms with E-state index in [-0.39, 0.29) is 11.9 Å². The normalized spacial score (nSPS) is 12.6. The average molecular weight is 273 g/mol. The number of rotatable bonds is 6. The van der Waals surface area contributed by atoms with Gasteiger partial charge in [0.1, 0.15) is 5.82 Å². The maximum absolute atomic E-state index is 13.2. The van der Waals surface area contributed by atoms with Crippen LogP contribution in [0.2, 0.25) is 0 Å². The molecule has 3 nitrogen and oxygen atoms in total. The second-order valence-corrected chi connectivity index (χ2v) is 4.84. The molecule has 0 bridgehead atoms. The first-order valence-electron chi connectivity index (χ1n) is 6.81. The van der Waals surface area contributed by atoms with Crippen LogP contribution in [0.5, 0.6) is 0 Å². The second kappa shape index (κ2) is 7.12. The third kappa shape index (κ3) is 4.11. The Bertz CT molecular complexity index is 530. The lowest BCUT2D eigenvalue weighted by atomic mass is 10.1. The molecule has 0 saturated heterocycles. The van der Waals surface area contributed by atoms with Gasteiger partial charge in [0.05, 0.1) is 0 Å². The summed E-state index contributed by atoms with van der Waals surface area (Å²) in [5.74, 6) is -0.241. The molecule has 1 heterocycles. The summed E-state index contributed by atoms with van der Waals surface area (Å²) in [6.07, 6.45) is 3.57. The van der Waals surface area contributed by atoms with E-state index >= 15 is 0 Å². The third-order valence-electron chi connectivity index (χ3n) is 3.33. The zero-order valence-corrected chi connectivity index (χ0v) is 11.7. The van der Waals surface area contributed by atoms with Crippen molar-refractivity contribution in [3.05, 3.63) is 65.7 Å². The number of halogens is 1. The highest BCUT2D eigenvalue weighted by atomic mass is 19.1. The van der Waals surface area contributed by atoms with Crippen LogP contribution in [0.15, 0.2) is 48.8 Å². The molecule has 0 radical (unpaired) electrons. The van der Waals surface area contributed by atoms with Gasteiger partial charge in [-0.2, -0.15) is 0 Å². The van der Waals surface area contributed by atoms with Crippen molar-refractivity contribution in [3.8, 4) is 0 Å². The fourth-order valence-corrected chi connectivity index (χ4v) is 2.17. The van der Waals surface area contributed by atoms with Crippen molar-refractivity contribution in [1.82, 2.24) is 9.88 Å². The van der Waals surface area contributed by atoms with Gasteiger partial charge in [-0.1, -0.05) is 19.1 Å². The van der Waals surface area contributed by atoms with Crippen molar-refractivity contribution >= 4 is 0 Å². The van der Waals surface area contributed by atoms with E-state index in [0.717, 1.165) is 18.7 Å². The Labute approximate surface area is 119 Å². The van der Waals surface area contributed by atoms with E-state index in [1.165, 1.54) is 17.7 Å². The highest BCUT2D eigenvalue weighted by Gasteiger charge is 2.12. The molecule has 20 heavy (non-hydrogen) atoms. The number of benzene rings is 1. The Balaban J connectivity index is 1.99. The molecule has 0 amide bonds. The molecule has 0 aliphatic carbocycles. The van der Waals surface area contributed by atoms with E-state index in [1.54, 1.807) is 18.5 Å². The molecule has 2 rings (SSSR count). The molecule has 4 heteroatoms. The topological polar surface area (TPSA) is 42.2 Å². The summed E-state index contributed by atoms with van der Waals surface area (Å²) in [5.41, 5.74) is 8.21. The molecule has 2 N–H and O–H groups in total. The van der Waals surface area contributed by atoms with E-state index in [9.17, 15) is 4.39 Å². The van der Waals surface area contributed by atoms with Gasteiger partial charge in [-0.3, -0.25) is 9.88 Å². The molecule has 0 aliphatic rings. The van der Waals surface area contributed by atoms with E-state index in [0.29, 0.717) is 6.54 Å². The molecule has 0 aliphatic heterocycles. The number of nitrogens with zero attached hydrogens (tertiary/aromatic N) is 2. The first kappa shape index (κ1) is 14.6. The van der Waals surface area contributed by atoms with Gasteiger partial charge < -0.3 is 5.73 Å². The number of pyridine rings is 1. The monoisotopic (exact) mass is 273 g/mol. The van der Waals surface area contributed by atoms with Crippen LogP contribution in [0, 0.1) is 5.82 Å². The summed E-state index contributed by atoms with van der Waals surface area (Å²) in [6.45, 7) is 4.51. The first-order chi connectivity index (χ1) is 9.69. The SMILES string of the molecule is CCN(Cc1ccncc1)CC(N)c1cccc(F)c1. The lowest BCUT2D eigenvalue weighted by Crippen LogP contribution is -2.31. The predicted octanol–water partition coefficient (Wildman–Crippen LogP) is 2.74. The van der Waals surface area contributed by atoms with Crippen LogP contribution < -0.4 is 5.73 Å². The fourth-order valence-electron chi connectivity index (χ4n) is 2.17. The van der Waals surface area contributed by atoms with Crippen LogP contribution in [-0.4, -0.2) is 23.0 Å². The minimum atomic E-state index is -0.241. The van der Waals surface area contributed by atoms with Crippen LogP contribution in [0.3, 0.4) is 0 Å². The van der Waals surface area contributed by atoms with Crippen LogP contribution >= 0.6 is 0 Å². The summed E-state index contributed by atoms with van der Waals surface area (Å²) in [4.78, 5) is 6.25. The molecular formula is C16H20FN3. The van der Waals surface area contributed by atoms with Crippen molar-refractivity contribution in [2.75, 3.05) is 13.1 Å². The molecule has 1 unspecified atom stereocenters. The summed E-state index contributed by atoms with van der Waals surface area (Å²) < 4.78 is 13.2. The average Bonchev–Trinajstić information content (AvgIpc) is 2.47. The largest absolute Gasteiger partial charge is 0.323 e. The molecule has 0 saturated carbocycles. The van der Waals surface area contributed by atoms with Crippen molar-refractivity contribution < 1.29 is 4.39 Å². The van der Waals surface area contributed by atoms with Gasteiger partial charge in [0, 0.05) is 31.5 Å². The predicted molar refractivity (Wildman–Crippen MR) is 78.5 cm³/mol. The summed E-state index contributed by atoms with van der Waals surface area (Å²) in [5, 5.41) is 0. The Kier molecular flexibility index (Phi) is 5.21. The molecule has 106 valence electrons. The Morgan fingerprint density at radius 3 is 2.65 bits per heavy atom. The van der Waals surface area contributed by atoms with Crippen LogP contribution in [-0.2, 0) is 6.54 Å². The van der Waals surface area contributed by atoms with E-state index in [1.807, 2.05) is 18.2 Å². The van der Waals surface area contributed by atoms with Gasteiger partial charge in [-0.25, -0.2) is 4.39 Å². The highest BCUT2D eigenvalue weighted by Crippen LogP contribution is 2.14. The zero-order valence-electron chi connectivity index (χ0n) is 11.7. The van der Waals surface area contributed by atoms with Crippen LogP contribution in [0.25, 0.3) is 0 Å². The molecule has 0 fully saturated rings. The van der Waals surface area contributed by atoms with E-state index in [2.05, 4.69) is 16.8 Å². The summed E-state index contributed by atoms with van der Waals surface area (Å²) >= 11 is 0. The van der Waals surface area contributed by atoms with Gasteiger partial charge in [0.25, 0.3) is 0 Å². The fraction of sp³-hybridized carbons (Fsp3) is 0.312. The zero-order chi connectivity index (χ0) is 14.4. The number of aromatic nitrogens is 1. The van der Waals surface area contributed by atoms with Gasteiger partial charge in [-0.15, -0.1) is 0 Å². The van der Waals surface area contributed by atoms with Crippen LogP contribution in [0.4, 0.5) is 4.39 Å². The molecule has 0 spiro atoms. The van der Waals surface area contributed by atoms with E-state index in [4.69, 9.17) is 5.73 Å². The quantitative estimate of drug-likeness (QED) is 0.880. The lowest BCUT2D eigenvalue weighted by molar-refractivity contribution is 0.262. The van der Waals surface area contributed by atoms with Gasteiger partial charge in [0.15, 0.2) is 0 Å². The molecule has 2 aromatic rings. The van der Waals surface area contributed by atoms with Gasteiger partial charge in [-0.05, 0) is 41.9 Å². The third-order valence-corrected chi connectivity index (χ3v) is 3.33. The highest BCUT2D eigenvalue weighted by molar-refractivity contribution is 5.20. The van der Waals surface area contributed by atoms with E-state index < -0.39 is 0 Å². The first-order valence-corrected chi connectivity index (χ1v) is 6.81. The van der Waals surface area contributed by atoms with Crippen LogP contribution in [0.1, 0.15) is 24.1 Å². The van der Waals surface area contributed by atoms with Crippen molar-refractivity contribution in [1.29, 1.82) is 0 Å². The van der Waals surface area contributed by atoms with Crippen molar-refractivity contribution in [3.63, 3.8) is 0 Å². The Morgan fingerprint density at radius 1 is 1.25 bits per heavy atom. The molecular weight excluding hydrogens is 253 g/mol.